The van der Waals surface area contributed by atoms with Gasteiger partial charge in [-0.05, 0) is 19.3 Å². The second kappa shape index (κ2) is 3.51. The van der Waals surface area contributed by atoms with Gasteiger partial charge in [0.2, 0.25) is 0 Å². The van der Waals surface area contributed by atoms with E-state index < -0.39 is 0 Å². The number of hydrogen-bond donors (Lipinski definition) is 1. The van der Waals surface area contributed by atoms with Gasteiger partial charge < -0.3 is 5.11 Å². The molecule has 10 heavy (non-hydrogen) atoms. The third-order valence-electron chi connectivity index (χ3n) is 1.91. The fraction of sp³-hybridized carbons (Fsp3) is 1.00. The number of nitroso groups, excluding NO2 is 1. The molecule has 1 aliphatic rings. The van der Waals surface area contributed by atoms with Gasteiger partial charge in [0.15, 0.2) is 0 Å². The van der Waals surface area contributed by atoms with Crippen LogP contribution >= 0.6 is 0 Å². The molecule has 1 unspecified atom stereocenters. The number of nitrogens with zero attached hydrogens (tertiary/aromatic N) is 2. The van der Waals surface area contributed by atoms with Crippen molar-refractivity contribution in [2.24, 2.45) is 5.29 Å². The Morgan fingerprint density at radius 1 is 1.70 bits per heavy atom. The van der Waals surface area contributed by atoms with Gasteiger partial charge in [0.05, 0.1) is 11.3 Å². The van der Waals surface area contributed by atoms with E-state index in [4.69, 9.17) is 5.11 Å². The Hall–Kier alpha value is -0.640. The van der Waals surface area contributed by atoms with Crippen LogP contribution in [0.4, 0.5) is 0 Å². The van der Waals surface area contributed by atoms with Gasteiger partial charge in [0.25, 0.3) is 0 Å². The zero-order valence-electron chi connectivity index (χ0n) is 5.86. The predicted octanol–water partition coefficient (Wildman–Crippen LogP) is 0.515. The highest BCUT2D eigenvalue weighted by Gasteiger charge is 2.23. The summed E-state index contributed by atoms with van der Waals surface area (Å²) < 4.78 is 0. The lowest BCUT2D eigenvalue weighted by Crippen LogP contribution is -2.24. The van der Waals surface area contributed by atoms with Crippen LogP contribution in [-0.4, -0.2) is 29.3 Å². The molecular weight excluding hydrogens is 132 g/mol. The SMILES string of the molecule is O=NN1CCCC1CCO. The van der Waals surface area contributed by atoms with E-state index >= 15 is 0 Å². The average molecular weight is 144 g/mol. The molecule has 0 aromatic rings. The van der Waals surface area contributed by atoms with E-state index in [-0.39, 0.29) is 12.6 Å². The molecule has 1 aliphatic heterocycles. The van der Waals surface area contributed by atoms with E-state index in [1.54, 1.807) is 0 Å². The third kappa shape index (κ3) is 1.44. The second-order valence-electron chi connectivity index (χ2n) is 2.55. The molecule has 0 spiro atoms. The number of aliphatic hydroxyl groups excluding tert-OH is 1. The number of hydrogen-bond acceptors (Lipinski definition) is 3. The Bertz CT molecular complexity index is 118. The largest absolute Gasteiger partial charge is 0.396 e. The third-order valence-corrected chi connectivity index (χ3v) is 1.91. The Morgan fingerprint density at radius 3 is 3.10 bits per heavy atom. The predicted molar refractivity (Wildman–Crippen MR) is 37.2 cm³/mol. The van der Waals surface area contributed by atoms with Crippen LogP contribution in [0.2, 0.25) is 0 Å². The number of rotatable bonds is 3. The van der Waals surface area contributed by atoms with Crippen LogP contribution in [0, 0.1) is 4.91 Å². The highest BCUT2D eigenvalue weighted by molar-refractivity contribution is 4.75. The van der Waals surface area contributed by atoms with Crippen molar-refractivity contribution in [1.29, 1.82) is 0 Å². The fourth-order valence-electron chi connectivity index (χ4n) is 1.37. The molecule has 0 amide bonds. The van der Waals surface area contributed by atoms with Gasteiger partial charge in [-0.15, -0.1) is 4.91 Å². The standard InChI is InChI=1S/C6H12N2O2/c9-5-3-6-2-1-4-8(6)7-10/h6,9H,1-5H2. The van der Waals surface area contributed by atoms with E-state index in [1.807, 2.05) is 0 Å². The van der Waals surface area contributed by atoms with E-state index in [1.165, 1.54) is 5.01 Å². The summed E-state index contributed by atoms with van der Waals surface area (Å²) in [5.41, 5.74) is 0. The summed E-state index contributed by atoms with van der Waals surface area (Å²) in [6, 6.07) is 0.197. The lowest BCUT2D eigenvalue weighted by molar-refractivity contribution is 0.199. The zero-order chi connectivity index (χ0) is 7.40. The molecule has 1 saturated heterocycles. The molecule has 1 N–H and O–H groups in total. The maximum absolute atomic E-state index is 10.1. The summed E-state index contributed by atoms with van der Waals surface area (Å²) in [5, 5.41) is 13.0. The second-order valence-corrected chi connectivity index (χ2v) is 2.55. The summed E-state index contributed by atoms with van der Waals surface area (Å²) in [6.07, 6.45) is 2.69. The normalized spacial score (nSPS) is 25.3. The first-order valence-electron chi connectivity index (χ1n) is 3.59. The molecule has 4 nitrogen and oxygen atoms in total. The fourth-order valence-corrected chi connectivity index (χ4v) is 1.37. The van der Waals surface area contributed by atoms with Crippen molar-refractivity contribution in [3.8, 4) is 0 Å². The van der Waals surface area contributed by atoms with E-state index in [0.717, 1.165) is 19.4 Å². The molecule has 0 aromatic heterocycles. The van der Waals surface area contributed by atoms with Crippen LogP contribution in [0.5, 0.6) is 0 Å². The van der Waals surface area contributed by atoms with Crippen LogP contribution in [-0.2, 0) is 0 Å². The van der Waals surface area contributed by atoms with Crippen LogP contribution in [0.25, 0.3) is 0 Å². The lowest BCUT2D eigenvalue weighted by Gasteiger charge is -2.15. The van der Waals surface area contributed by atoms with Crippen molar-refractivity contribution < 1.29 is 5.11 Å². The molecule has 0 bridgehead atoms. The molecular formula is C6H12N2O2. The molecule has 0 aliphatic carbocycles. The van der Waals surface area contributed by atoms with Crippen LogP contribution in [0.3, 0.4) is 0 Å². The lowest BCUT2D eigenvalue weighted by atomic mass is 10.2. The molecule has 0 saturated carbocycles. The van der Waals surface area contributed by atoms with Gasteiger partial charge in [-0.2, -0.15) is 0 Å². The maximum Gasteiger partial charge on any atom is 0.0526 e. The molecule has 0 radical (unpaired) electrons. The first-order chi connectivity index (χ1) is 4.88. The summed E-state index contributed by atoms with van der Waals surface area (Å²) in [5.74, 6) is 0. The Balaban J connectivity index is 2.34. The highest BCUT2D eigenvalue weighted by atomic mass is 16.3. The van der Waals surface area contributed by atoms with Crippen LogP contribution in [0.1, 0.15) is 19.3 Å². The molecule has 1 rings (SSSR count). The first-order valence-corrected chi connectivity index (χ1v) is 3.59. The number of aliphatic hydroxyl groups is 1. The highest BCUT2D eigenvalue weighted by Crippen LogP contribution is 2.19. The topological polar surface area (TPSA) is 52.9 Å². The summed E-state index contributed by atoms with van der Waals surface area (Å²) >= 11 is 0. The van der Waals surface area contributed by atoms with Crippen LogP contribution < -0.4 is 0 Å². The van der Waals surface area contributed by atoms with Crippen molar-refractivity contribution >= 4 is 0 Å². The minimum absolute atomic E-state index is 0.149. The first kappa shape index (κ1) is 7.47. The van der Waals surface area contributed by atoms with E-state index in [9.17, 15) is 4.91 Å². The van der Waals surface area contributed by atoms with Crippen molar-refractivity contribution in [3.63, 3.8) is 0 Å². The van der Waals surface area contributed by atoms with Gasteiger partial charge in [-0.1, -0.05) is 0 Å². The molecule has 0 aromatic carbocycles. The summed E-state index contributed by atoms with van der Waals surface area (Å²) in [4.78, 5) is 10.1. The Labute approximate surface area is 59.8 Å². The molecule has 4 heteroatoms. The van der Waals surface area contributed by atoms with Gasteiger partial charge in [-0.25, -0.2) is 0 Å². The monoisotopic (exact) mass is 144 g/mol. The van der Waals surface area contributed by atoms with Crippen molar-refractivity contribution in [3.05, 3.63) is 4.91 Å². The smallest absolute Gasteiger partial charge is 0.0526 e. The van der Waals surface area contributed by atoms with Crippen LogP contribution in [0.15, 0.2) is 5.29 Å². The summed E-state index contributed by atoms with van der Waals surface area (Å²) in [6.45, 7) is 0.908. The van der Waals surface area contributed by atoms with E-state index in [0.29, 0.717) is 6.42 Å². The van der Waals surface area contributed by atoms with Gasteiger partial charge >= 0.3 is 0 Å². The van der Waals surface area contributed by atoms with Crippen molar-refractivity contribution in [2.45, 2.75) is 25.3 Å². The maximum atomic E-state index is 10.1. The minimum Gasteiger partial charge on any atom is -0.396 e. The van der Waals surface area contributed by atoms with Crippen molar-refractivity contribution in [2.75, 3.05) is 13.2 Å². The Kier molecular flexibility index (Phi) is 2.62. The minimum atomic E-state index is 0.149. The van der Waals surface area contributed by atoms with Crippen molar-refractivity contribution in [1.82, 2.24) is 5.01 Å². The zero-order valence-corrected chi connectivity index (χ0v) is 5.86. The van der Waals surface area contributed by atoms with Gasteiger partial charge in [0, 0.05) is 13.2 Å². The van der Waals surface area contributed by atoms with E-state index in [2.05, 4.69) is 5.29 Å². The van der Waals surface area contributed by atoms with Gasteiger partial charge in [0.1, 0.15) is 0 Å². The quantitative estimate of drug-likeness (QED) is 0.587. The molecule has 1 heterocycles. The average Bonchev–Trinajstić information content (AvgIpc) is 2.36. The molecule has 1 fully saturated rings. The van der Waals surface area contributed by atoms with Gasteiger partial charge in [-0.3, -0.25) is 5.01 Å². The summed E-state index contributed by atoms with van der Waals surface area (Å²) in [7, 11) is 0. The molecule has 1 atom stereocenters. The Morgan fingerprint density at radius 2 is 2.50 bits per heavy atom. The molecule has 58 valence electrons.